The molecular formula is C17H16FN5O2. The third-order valence-corrected chi connectivity index (χ3v) is 3.40. The third-order valence-electron chi connectivity index (χ3n) is 3.40. The number of nitrogens with one attached hydrogen (secondary N) is 3. The number of amides is 2. The first kappa shape index (κ1) is 16.4. The van der Waals surface area contributed by atoms with Gasteiger partial charge in [0.15, 0.2) is 5.82 Å². The van der Waals surface area contributed by atoms with E-state index in [-0.39, 0.29) is 18.4 Å². The monoisotopic (exact) mass is 341 g/mol. The summed E-state index contributed by atoms with van der Waals surface area (Å²) in [4.78, 5) is 16.2. The molecule has 0 unspecified atom stereocenters. The number of carbonyl (C=O) groups is 1. The van der Waals surface area contributed by atoms with E-state index in [0.29, 0.717) is 28.6 Å². The molecule has 0 fully saturated rings. The van der Waals surface area contributed by atoms with Crippen LogP contribution in [0.4, 0.5) is 14.9 Å². The number of benzene rings is 2. The Labute approximate surface area is 143 Å². The Morgan fingerprint density at radius 1 is 1.16 bits per heavy atom. The van der Waals surface area contributed by atoms with Gasteiger partial charge in [0.05, 0.1) is 13.7 Å². The molecule has 0 spiro atoms. The number of carbonyl (C=O) groups excluding carboxylic acids is 1. The van der Waals surface area contributed by atoms with Crippen molar-refractivity contribution >= 4 is 11.7 Å². The van der Waals surface area contributed by atoms with Crippen LogP contribution in [0.15, 0.2) is 48.5 Å². The van der Waals surface area contributed by atoms with Gasteiger partial charge in [-0.15, -0.1) is 0 Å². The van der Waals surface area contributed by atoms with Gasteiger partial charge < -0.3 is 15.4 Å². The van der Waals surface area contributed by atoms with E-state index in [1.165, 1.54) is 12.1 Å². The fourth-order valence-corrected chi connectivity index (χ4v) is 2.12. The van der Waals surface area contributed by atoms with E-state index < -0.39 is 0 Å². The number of H-pyrrole nitrogens is 1. The van der Waals surface area contributed by atoms with Crippen molar-refractivity contribution in [2.75, 3.05) is 12.4 Å². The largest absolute Gasteiger partial charge is 0.497 e. The maximum absolute atomic E-state index is 12.9. The number of aromatic nitrogens is 3. The van der Waals surface area contributed by atoms with Gasteiger partial charge in [-0.25, -0.2) is 14.2 Å². The van der Waals surface area contributed by atoms with Crippen molar-refractivity contribution in [3.63, 3.8) is 0 Å². The number of methoxy groups -OCH3 is 1. The summed E-state index contributed by atoms with van der Waals surface area (Å²) >= 11 is 0. The van der Waals surface area contributed by atoms with E-state index in [4.69, 9.17) is 4.74 Å². The molecule has 128 valence electrons. The molecule has 0 saturated heterocycles. The van der Waals surface area contributed by atoms with Crippen LogP contribution in [0.3, 0.4) is 0 Å². The van der Waals surface area contributed by atoms with Gasteiger partial charge in [0.1, 0.15) is 17.4 Å². The van der Waals surface area contributed by atoms with Crippen LogP contribution in [0.1, 0.15) is 5.82 Å². The molecule has 25 heavy (non-hydrogen) atoms. The zero-order chi connectivity index (χ0) is 17.6. The molecule has 0 aliphatic carbocycles. The average molecular weight is 341 g/mol. The minimum absolute atomic E-state index is 0.177. The van der Waals surface area contributed by atoms with Crippen molar-refractivity contribution < 1.29 is 13.9 Å². The number of halogens is 1. The van der Waals surface area contributed by atoms with Crippen LogP contribution in [-0.2, 0) is 6.54 Å². The number of hydrogen-bond acceptors (Lipinski definition) is 4. The van der Waals surface area contributed by atoms with E-state index in [9.17, 15) is 9.18 Å². The Balaban J connectivity index is 1.54. The van der Waals surface area contributed by atoms with Crippen molar-refractivity contribution in [2.24, 2.45) is 0 Å². The smallest absolute Gasteiger partial charge is 0.319 e. The van der Waals surface area contributed by atoms with E-state index in [2.05, 4.69) is 25.8 Å². The number of urea groups is 1. The molecule has 3 aromatic rings. The maximum atomic E-state index is 12.9. The Kier molecular flexibility index (Phi) is 4.89. The first-order valence-electron chi connectivity index (χ1n) is 7.50. The predicted octanol–water partition coefficient (Wildman–Crippen LogP) is 2.94. The molecule has 2 amide bonds. The highest BCUT2D eigenvalue weighted by atomic mass is 19.1. The molecule has 0 bridgehead atoms. The van der Waals surface area contributed by atoms with Crippen LogP contribution in [0.25, 0.3) is 11.4 Å². The molecular weight excluding hydrogens is 325 g/mol. The Hall–Kier alpha value is -3.42. The second-order valence-corrected chi connectivity index (χ2v) is 5.15. The summed E-state index contributed by atoms with van der Waals surface area (Å²) in [5.41, 5.74) is 1.33. The van der Waals surface area contributed by atoms with Crippen LogP contribution >= 0.6 is 0 Å². The van der Waals surface area contributed by atoms with Crippen molar-refractivity contribution in [1.82, 2.24) is 20.5 Å². The van der Waals surface area contributed by atoms with E-state index in [1.54, 1.807) is 43.5 Å². The van der Waals surface area contributed by atoms with E-state index in [0.717, 1.165) is 0 Å². The van der Waals surface area contributed by atoms with Gasteiger partial charge >= 0.3 is 6.03 Å². The summed E-state index contributed by atoms with van der Waals surface area (Å²) in [6.07, 6.45) is 0. The summed E-state index contributed by atoms with van der Waals surface area (Å²) in [5, 5.41) is 12.2. The number of ether oxygens (including phenoxy) is 1. The predicted molar refractivity (Wildman–Crippen MR) is 90.6 cm³/mol. The lowest BCUT2D eigenvalue weighted by molar-refractivity contribution is 0.251. The van der Waals surface area contributed by atoms with Gasteiger partial charge in [-0.1, -0.05) is 0 Å². The average Bonchev–Trinajstić information content (AvgIpc) is 3.10. The molecule has 2 aromatic carbocycles. The van der Waals surface area contributed by atoms with Crippen molar-refractivity contribution in [3.8, 4) is 17.1 Å². The van der Waals surface area contributed by atoms with Crippen molar-refractivity contribution in [1.29, 1.82) is 0 Å². The molecule has 1 heterocycles. The second-order valence-electron chi connectivity index (χ2n) is 5.15. The molecule has 3 rings (SSSR count). The zero-order valence-corrected chi connectivity index (χ0v) is 13.4. The molecule has 0 saturated carbocycles. The summed E-state index contributed by atoms with van der Waals surface area (Å²) in [6.45, 7) is 0.177. The molecule has 7 nitrogen and oxygen atoms in total. The lowest BCUT2D eigenvalue weighted by atomic mass is 10.2. The topological polar surface area (TPSA) is 91.9 Å². The van der Waals surface area contributed by atoms with Crippen LogP contribution in [0.5, 0.6) is 5.75 Å². The fraction of sp³-hybridized carbons (Fsp3) is 0.118. The second kappa shape index (κ2) is 7.43. The minimum Gasteiger partial charge on any atom is -0.497 e. The number of aromatic amines is 1. The number of hydrogen-bond donors (Lipinski definition) is 3. The summed E-state index contributed by atoms with van der Waals surface area (Å²) in [5.74, 6) is 1.31. The fourth-order valence-electron chi connectivity index (χ4n) is 2.12. The van der Waals surface area contributed by atoms with Crippen LogP contribution in [0, 0.1) is 5.82 Å². The maximum Gasteiger partial charge on any atom is 0.319 e. The zero-order valence-electron chi connectivity index (χ0n) is 13.4. The first-order valence-corrected chi connectivity index (χ1v) is 7.50. The molecule has 3 N–H and O–H groups in total. The number of nitrogens with zero attached hydrogens (tertiary/aromatic N) is 2. The molecule has 0 radical (unpaired) electrons. The van der Waals surface area contributed by atoms with Gasteiger partial charge in [0, 0.05) is 11.3 Å². The van der Waals surface area contributed by atoms with E-state index in [1.807, 2.05) is 0 Å². The first-order chi connectivity index (χ1) is 12.1. The van der Waals surface area contributed by atoms with Gasteiger partial charge in [-0.05, 0) is 48.5 Å². The normalized spacial score (nSPS) is 10.3. The highest BCUT2D eigenvalue weighted by Gasteiger charge is 2.08. The van der Waals surface area contributed by atoms with Gasteiger partial charge in [-0.3, -0.25) is 5.10 Å². The number of rotatable bonds is 5. The molecule has 8 heteroatoms. The third kappa shape index (κ3) is 4.31. The molecule has 1 aromatic heterocycles. The SMILES string of the molecule is COc1ccc(NC(=O)NCc2nc(-c3ccc(F)cc3)n[nH]2)cc1. The highest BCUT2D eigenvalue weighted by Crippen LogP contribution is 2.16. The number of anilines is 1. The Morgan fingerprint density at radius 3 is 2.56 bits per heavy atom. The summed E-state index contributed by atoms with van der Waals surface area (Å²) in [6, 6.07) is 12.5. The molecule has 0 atom stereocenters. The van der Waals surface area contributed by atoms with E-state index >= 15 is 0 Å². The van der Waals surface area contributed by atoms with Crippen molar-refractivity contribution in [2.45, 2.75) is 6.54 Å². The standard InChI is InChI=1S/C17H16FN5O2/c1-25-14-8-6-13(7-9-14)20-17(24)19-10-15-21-16(23-22-15)11-2-4-12(18)5-3-11/h2-9H,10H2,1H3,(H2,19,20,24)(H,21,22,23). The van der Waals surface area contributed by atoms with Gasteiger partial charge in [-0.2, -0.15) is 5.10 Å². The quantitative estimate of drug-likeness (QED) is 0.665. The minimum atomic E-state index is -0.370. The molecule has 0 aliphatic heterocycles. The lowest BCUT2D eigenvalue weighted by Crippen LogP contribution is -2.28. The van der Waals surface area contributed by atoms with Gasteiger partial charge in [0.2, 0.25) is 0 Å². The van der Waals surface area contributed by atoms with Crippen LogP contribution in [-0.4, -0.2) is 28.3 Å². The highest BCUT2D eigenvalue weighted by molar-refractivity contribution is 5.89. The summed E-state index contributed by atoms with van der Waals surface area (Å²) < 4.78 is 18.0. The van der Waals surface area contributed by atoms with Crippen LogP contribution in [0.2, 0.25) is 0 Å². The lowest BCUT2D eigenvalue weighted by Gasteiger charge is -2.07. The Morgan fingerprint density at radius 2 is 1.88 bits per heavy atom. The van der Waals surface area contributed by atoms with Gasteiger partial charge in [0.25, 0.3) is 0 Å². The van der Waals surface area contributed by atoms with Crippen molar-refractivity contribution in [3.05, 3.63) is 60.2 Å². The van der Waals surface area contributed by atoms with Crippen LogP contribution < -0.4 is 15.4 Å². The molecule has 0 aliphatic rings. The Bertz CT molecular complexity index is 846. The summed E-state index contributed by atoms with van der Waals surface area (Å²) in [7, 11) is 1.58.